The Morgan fingerprint density at radius 2 is 2.44 bits per heavy atom. The highest BCUT2D eigenvalue weighted by molar-refractivity contribution is 5.95. The molecule has 0 spiro atoms. The van der Waals surface area contributed by atoms with Gasteiger partial charge in [-0.2, -0.15) is 0 Å². The number of likely N-dealkylation sites (tertiary alicyclic amines) is 1. The summed E-state index contributed by atoms with van der Waals surface area (Å²) >= 11 is 0. The molecule has 2 N–H and O–H groups in total. The molecule has 0 saturated carbocycles. The number of aliphatic hydroxyl groups excluding tert-OH is 1. The predicted octanol–water partition coefficient (Wildman–Crippen LogP) is 0.384. The molecule has 0 bridgehead atoms. The Morgan fingerprint density at radius 1 is 1.62 bits per heavy atom. The number of carbonyl (C=O) groups excluding carboxylic acids is 1. The molecule has 1 saturated heterocycles. The second-order valence-corrected chi connectivity index (χ2v) is 3.85. The molecule has 1 atom stereocenters. The SMILES string of the molecule is O=C(c1ncccc1O)N1CCCC1CO. The highest BCUT2D eigenvalue weighted by Crippen LogP contribution is 2.22. The smallest absolute Gasteiger partial charge is 0.276 e. The van der Waals surface area contributed by atoms with Crippen molar-refractivity contribution >= 4 is 5.91 Å². The van der Waals surface area contributed by atoms with Crippen LogP contribution in [0.3, 0.4) is 0 Å². The first kappa shape index (κ1) is 10.9. The number of carbonyl (C=O) groups is 1. The van der Waals surface area contributed by atoms with E-state index in [4.69, 9.17) is 5.11 Å². The van der Waals surface area contributed by atoms with Gasteiger partial charge in [-0.15, -0.1) is 0 Å². The highest BCUT2D eigenvalue weighted by atomic mass is 16.3. The van der Waals surface area contributed by atoms with E-state index in [9.17, 15) is 9.90 Å². The molecule has 1 fully saturated rings. The van der Waals surface area contributed by atoms with E-state index in [0.29, 0.717) is 6.54 Å². The lowest BCUT2D eigenvalue weighted by Gasteiger charge is -2.22. The number of pyridine rings is 1. The van der Waals surface area contributed by atoms with Crippen molar-refractivity contribution in [3.8, 4) is 5.75 Å². The van der Waals surface area contributed by atoms with E-state index in [1.165, 1.54) is 12.3 Å². The Labute approximate surface area is 93.3 Å². The molecule has 1 aromatic heterocycles. The lowest BCUT2D eigenvalue weighted by Crippen LogP contribution is -2.38. The van der Waals surface area contributed by atoms with Gasteiger partial charge in [-0.3, -0.25) is 4.79 Å². The van der Waals surface area contributed by atoms with Crippen LogP contribution in [0.15, 0.2) is 18.3 Å². The monoisotopic (exact) mass is 222 g/mol. The summed E-state index contributed by atoms with van der Waals surface area (Å²) in [7, 11) is 0. The molecule has 1 aromatic rings. The average molecular weight is 222 g/mol. The molecule has 0 aromatic carbocycles. The fourth-order valence-electron chi connectivity index (χ4n) is 1.99. The minimum absolute atomic E-state index is 0.0423. The summed E-state index contributed by atoms with van der Waals surface area (Å²) in [4.78, 5) is 17.5. The van der Waals surface area contributed by atoms with Crippen LogP contribution in [0.25, 0.3) is 0 Å². The number of aromatic hydroxyl groups is 1. The van der Waals surface area contributed by atoms with Crippen LogP contribution in [-0.4, -0.2) is 45.2 Å². The van der Waals surface area contributed by atoms with Crippen LogP contribution >= 0.6 is 0 Å². The maximum absolute atomic E-state index is 12.0. The topological polar surface area (TPSA) is 73.7 Å². The molecule has 1 aliphatic rings. The number of nitrogens with zero attached hydrogens (tertiary/aromatic N) is 2. The van der Waals surface area contributed by atoms with E-state index in [-0.39, 0.29) is 30.0 Å². The van der Waals surface area contributed by atoms with Gasteiger partial charge in [0.15, 0.2) is 5.69 Å². The van der Waals surface area contributed by atoms with Crippen molar-refractivity contribution in [2.45, 2.75) is 18.9 Å². The number of aromatic nitrogens is 1. The molecule has 2 heterocycles. The summed E-state index contributed by atoms with van der Waals surface area (Å²) in [6.45, 7) is 0.569. The van der Waals surface area contributed by atoms with Crippen LogP contribution in [0.4, 0.5) is 0 Å². The molecule has 1 unspecified atom stereocenters. The fourth-order valence-corrected chi connectivity index (χ4v) is 1.99. The zero-order valence-corrected chi connectivity index (χ0v) is 8.83. The second-order valence-electron chi connectivity index (χ2n) is 3.85. The normalized spacial score (nSPS) is 20.1. The lowest BCUT2D eigenvalue weighted by atomic mass is 10.2. The molecular formula is C11H14N2O3. The van der Waals surface area contributed by atoms with Crippen molar-refractivity contribution in [2.24, 2.45) is 0 Å². The second kappa shape index (κ2) is 4.49. The van der Waals surface area contributed by atoms with E-state index >= 15 is 0 Å². The van der Waals surface area contributed by atoms with Crippen molar-refractivity contribution in [3.05, 3.63) is 24.0 Å². The van der Waals surface area contributed by atoms with Crippen LogP contribution in [-0.2, 0) is 0 Å². The highest BCUT2D eigenvalue weighted by Gasteiger charge is 2.30. The van der Waals surface area contributed by atoms with Gasteiger partial charge in [-0.1, -0.05) is 0 Å². The van der Waals surface area contributed by atoms with Crippen LogP contribution < -0.4 is 0 Å². The third-order valence-electron chi connectivity index (χ3n) is 2.84. The minimum Gasteiger partial charge on any atom is -0.505 e. The van der Waals surface area contributed by atoms with Gasteiger partial charge < -0.3 is 15.1 Å². The maximum atomic E-state index is 12.0. The van der Waals surface area contributed by atoms with Crippen molar-refractivity contribution in [2.75, 3.05) is 13.2 Å². The van der Waals surface area contributed by atoms with Crippen molar-refractivity contribution in [3.63, 3.8) is 0 Å². The third-order valence-corrected chi connectivity index (χ3v) is 2.84. The molecule has 86 valence electrons. The van der Waals surface area contributed by atoms with E-state index in [1.54, 1.807) is 11.0 Å². The number of hydrogen-bond acceptors (Lipinski definition) is 4. The Bertz CT molecular complexity index is 395. The first-order chi connectivity index (χ1) is 7.74. The van der Waals surface area contributed by atoms with Crippen LogP contribution in [0.5, 0.6) is 5.75 Å². The van der Waals surface area contributed by atoms with Gasteiger partial charge in [0.2, 0.25) is 0 Å². The van der Waals surface area contributed by atoms with E-state index < -0.39 is 0 Å². The summed E-state index contributed by atoms with van der Waals surface area (Å²) < 4.78 is 0. The zero-order chi connectivity index (χ0) is 11.5. The zero-order valence-electron chi connectivity index (χ0n) is 8.83. The first-order valence-electron chi connectivity index (χ1n) is 5.30. The number of hydrogen-bond donors (Lipinski definition) is 2. The number of rotatable bonds is 2. The molecule has 16 heavy (non-hydrogen) atoms. The summed E-state index contributed by atoms with van der Waals surface area (Å²) in [6, 6.07) is 2.86. The van der Waals surface area contributed by atoms with Gasteiger partial charge in [0.25, 0.3) is 5.91 Å². The Hall–Kier alpha value is -1.62. The van der Waals surface area contributed by atoms with E-state index in [0.717, 1.165) is 12.8 Å². The number of amides is 1. The van der Waals surface area contributed by atoms with E-state index in [2.05, 4.69) is 4.98 Å². The van der Waals surface area contributed by atoms with Crippen molar-refractivity contribution in [1.82, 2.24) is 9.88 Å². The quantitative estimate of drug-likeness (QED) is 0.759. The predicted molar refractivity (Wildman–Crippen MR) is 57.0 cm³/mol. The summed E-state index contributed by atoms with van der Waals surface area (Å²) in [6.07, 6.45) is 3.15. The van der Waals surface area contributed by atoms with Gasteiger partial charge in [-0.25, -0.2) is 4.98 Å². The first-order valence-corrected chi connectivity index (χ1v) is 5.30. The largest absolute Gasteiger partial charge is 0.505 e. The Kier molecular flexibility index (Phi) is 3.05. The van der Waals surface area contributed by atoms with E-state index in [1.807, 2.05) is 0 Å². The average Bonchev–Trinajstić information content (AvgIpc) is 2.77. The molecule has 1 aliphatic heterocycles. The van der Waals surface area contributed by atoms with Gasteiger partial charge in [0.1, 0.15) is 5.75 Å². The summed E-state index contributed by atoms with van der Waals surface area (Å²) in [5.41, 5.74) is 0.0582. The van der Waals surface area contributed by atoms with Gasteiger partial charge >= 0.3 is 0 Å². The summed E-state index contributed by atoms with van der Waals surface area (Å²) in [5, 5.41) is 18.7. The van der Waals surface area contributed by atoms with Gasteiger partial charge in [0, 0.05) is 12.7 Å². The Morgan fingerprint density at radius 3 is 3.12 bits per heavy atom. The molecule has 0 aliphatic carbocycles. The Balaban J connectivity index is 2.22. The van der Waals surface area contributed by atoms with Gasteiger partial charge in [-0.05, 0) is 25.0 Å². The van der Waals surface area contributed by atoms with Crippen molar-refractivity contribution < 1.29 is 15.0 Å². The lowest BCUT2D eigenvalue weighted by molar-refractivity contribution is 0.0668. The molecule has 1 amide bonds. The van der Waals surface area contributed by atoms with Crippen LogP contribution in [0.2, 0.25) is 0 Å². The standard InChI is InChI=1S/C11H14N2O3/c14-7-8-3-2-6-13(8)11(16)10-9(15)4-1-5-12-10/h1,4-5,8,14-15H,2-3,6-7H2. The third kappa shape index (κ3) is 1.86. The molecule has 5 heteroatoms. The minimum atomic E-state index is -0.311. The number of aliphatic hydroxyl groups is 1. The maximum Gasteiger partial charge on any atom is 0.276 e. The van der Waals surface area contributed by atoms with Crippen LogP contribution in [0.1, 0.15) is 23.3 Å². The molecule has 0 radical (unpaired) electrons. The molecule has 2 rings (SSSR count). The van der Waals surface area contributed by atoms with Crippen LogP contribution in [0, 0.1) is 0 Å². The molecular weight excluding hydrogens is 208 g/mol. The van der Waals surface area contributed by atoms with Gasteiger partial charge in [0.05, 0.1) is 12.6 Å². The summed E-state index contributed by atoms with van der Waals surface area (Å²) in [5.74, 6) is -0.425. The van der Waals surface area contributed by atoms with Crippen molar-refractivity contribution in [1.29, 1.82) is 0 Å². The molecule has 5 nitrogen and oxygen atoms in total. The fraction of sp³-hybridized carbons (Fsp3) is 0.455.